The lowest BCUT2D eigenvalue weighted by Crippen LogP contribution is -2.18. The molecule has 0 aliphatic heterocycles. The standard InChI is InChI=1S/C13H17N3OS/c1-3-6-16-8-11(4-5-13(16)17)14-7-12-10(2)15-9-18-12/h4-5,8-9,14H,3,6-7H2,1-2H3. The van der Waals surface area contributed by atoms with Crippen molar-refractivity contribution in [2.24, 2.45) is 0 Å². The first-order chi connectivity index (χ1) is 8.70. The van der Waals surface area contributed by atoms with Gasteiger partial charge >= 0.3 is 0 Å². The molecule has 2 heterocycles. The predicted octanol–water partition coefficient (Wildman–Crippen LogP) is 2.64. The lowest BCUT2D eigenvalue weighted by atomic mass is 10.3. The molecule has 5 heteroatoms. The van der Waals surface area contributed by atoms with Crippen molar-refractivity contribution in [3.63, 3.8) is 0 Å². The van der Waals surface area contributed by atoms with Crippen LogP contribution in [0.5, 0.6) is 0 Å². The zero-order valence-electron chi connectivity index (χ0n) is 10.6. The molecule has 0 aliphatic carbocycles. The van der Waals surface area contributed by atoms with Gasteiger partial charge in [-0.15, -0.1) is 11.3 Å². The van der Waals surface area contributed by atoms with Crippen LogP contribution in [0.25, 0.3) is 0 Å². The molecule has 0 saturated carbocycles. The second-order valence-corrected chi connectivity index (χ2v) is 5.10. The van der Waals surface area contributed by atoms with Gasteiger partial charge in [0.15, 0.2) is 0 Å². The Morgan fingerprint density at radius 1 is 1.44 bits per heavy atom. The zero-order valence-corrected chi connectivity index (χ0v) is 11.5. The fourth-order valence-electron chi connectivity index (χ4n) is 1.73. The third-order valence-corrected chi connectivity index (χ3v) is 3.68. The molecule has 0 unspecified atom stereocenters. The number of nitrogens with zero attached hydrogens (tertiary/aromatic N) is 2. The van der Waals surface area contributed by atoms with E-state index in [1.807, 2.05) is 24.7 Å². The number of pyridine rings is 1. The number of rotatable bonds is 5. The molecule has 0 amide bonds. The van der Waals surface area contributed by atoms with Crippen molar-refractivity contribution < 1.29 is 0 Å². The maximum atomic E-state index is 11.6. The topological polar surface area (TPSA) is 46.9 Å². The van der Waals surface area contributed by atoms with E-state index in [1.165, 1.54) is 4.88 Å². The van der Waals surface area contributed by atoms with Crippen molar-refractivity contribution >= 4 is 17.0 Å². The molecule has 0 fully saturated rings. The van der Waals surface area contributed by atoms with Crippen LogP contribution in [-0.2, 0) is 13.1 Å². The van der Waals surface area contributed by atoms with Crippen LogP contribution in [0.1, 0.15) is 23.9 Å². The van der Waals surface area contributed by atoms with Crippen LogP contribution < -0.4 is 10.9 Å². The van der Waals surface area contributed by atoms with Crippen LogP contribution in [0.3, 0.4) is 0 Å². The molecule has 0 aromatic carbocycles. The first kappa shape index (κ1) is 12.8. The second-order valence-electron chi connectivity index (χ2n) is 4.16. The maximum absolute atomic E-state index is 11.6. The predicted molar refractivity (Wildman–Crippen MR) is 75.2 cm³/mol. The minimum absolute atomic E-state index is 0.0522. The molecule has 1 N–H and O–H groups in total. The van der Waals surface area contributed by atoms with Gasteiger partial charge in [-0.05, 0) is 19.4 Å². The Bertz CT molecular complexity index is 574. The van der Waals surface area contributed by atoms with Crippen LogP contribution in [-0.4, -0.2) is 9.55 Å². The average molecular weight is 263 g/mol. The number of aryl methyl sites for hydroxylation is 2. The molecule has 0 saturated heterocycles. The van der Waals surface area contributed by atoms with Crippen LogP contribution in [0, 0.1) is 6.92 Å². The summed E-state index contributed by atoms with van der Waals surface area (Å²) in [7, 11) is 0. The lowest BCUT2D eigenvalue weighted by Gasteiger charge is -2.09. The number of hydrogen-bond donors (Lipinski definition) is 1. The highest BCUT2D eigenvalue weighted by atomic mass is 32.1. The average Bonchev–Trinajstić information content (AvgIpc) is 2.76. The normalized spacial score (nSPS) is 10.6. The van der Waals surface area contributed by atoms with Gasteiger partial charge in [-0.3, -0.25) is 4.79 Å². The summed E-state index contributed by atoms with van der Waals surface area (Å²) in [5.74, 6) is 0. The highest BCUT2D eigenvalue weighted by molar-refractivity contribution is 7.09. The Balaban J connectivity index is 2.08. The van der Waals surface area contributed by atoms with Crippen molar-refractivity contribution in [2.75, 3.05) is 5.32 Å². The van der Waals surface area contributed by atoms with Crippen LogP contribution in [0.4, 0.5) is 5.69 Å². The number of thiazole rings is 1. The third-order valence-electron chi connectivity index (χ3n) is 2.75. The fourth-order valence-corrected chi connectivity index (χ4v) is 2.45. The molecule has 0 aliphatic rings. The van der Waals surface area contributed by atoms with E-state index in [1.54, 1.807) is 22.0 Å². The molecule has 2 aromatic heterocycles. The second kappa shape index (κ2) is 5.82. The smallest absolute Gasteiger partial charge is 0.250 e. The molecule has 2 rings (SSSR count). The molecule has 0 radical (unpaired) electrons. The Kier molecular flexibility index (Phi) is 4.15. The van der Waals surface area contributed by atoms with Gasteiger partial charge in [-0.2, -0.15) is 0 Å². The van der Waals surface area contributed by atoms with Crippen molar-refractivity contribution in [1.82, 2.24) is 9.55 Å². The molecule has 18 heavy (non-hydrogen) atoms. The quantitative estimate of drug-likeness (QED) is 0.902. The van der Waals surface area contributed by atoms with Crippen LogP contribution in [0.2, 0.25) is 0 Å². The minimum Gasteiger partial charge on any atom is -0.379 e. The van der Waals surface area contributed by atoms with E-state index >= 15 is 0 Å². The van der Waals surface area contributed by atoms with Gasteiger partial charge in [0.2, 0.25) is 0 Å². The van der Waals surface area contributed by atoms with E-state index in [0.29, 0.717) is 0 Å². The molecule has 2 aromatic rings. The number of nitrogens with one attached hydrogen (secondary N) is 1. The van der Waals surface area contributed by atoms with Crippen molar-refractivity contribution in [1.29, 1.82) is 0 Å². The van der Waals surface area contributed by atoms with E-state index in [4.69, 9.17) is 0 Å². The Labute approximate surface area is 110 Å². The Hall–Kier alpha value is -1.62. The van der Waals surface area contributed by atoms with Gasteiger partial charge < -0.3 is 9.88 Å². The SMILES string of the molecule is CCCn1cc(NCc2scnc2C)ccc1=O. The Morgan fingerprint density at radius 3 is 2.94 bits per heavy atom. The van der Waals surface area contributed by atoms with Crippen LogP contribution >= 0.6 is 11.3 Å². The summed E-state index contributed by atoms with van der Waals surface area (Å²) in [5.41, 5.74) is 3.94. The van der Waals surface area contributed by atoms with Gasteiger partial charge in [-0.25, -0.2) is 4.98 Å². The third kappa shape index (κ3) is 2.98. The summed E-state index contributed by atoms with van der Waals surface area (Å²) in [6.07, 6.45) is 2.83. The summed E-state index contributed by atoms with van der Waals surface area (Å²) in [5, 5.41) is 3.32. The van der Waals surface area contributed by atoms with E-state index in [0.717, 1.165) is 30.9 Å². The van der Waals surface area contributed by atoms with Gasteiger partial charge in [0.1, 0.15) is 0 Å². The molecule has 0 bridgehead atoms. The monoisotopic (exact) mass is 263 g/mol. The summed E-state index contributed by atoms with van der Waals surface area (Å²) in [6.45, 7) is 5.58. The van der Waals surface area contributed by atoms with E-state index in [-0.39, 0.29) is 5.56 Å². The summed E-state index contributed by atoms with van der Waals surface area (Å²) in [4.78, 5) is 17.0. The van der Waals surface area contributed by atoms with Gasteiger partial charge in [0, 0.05) is 23.7 Å². The lowest BCUT2D eigenvalue weighted by molar-refractivity contribution is 0.655. The highest BCUT2D eigenvalue weighted by Crippen LogP contribution is 2.14. The van der Waals surface area contributed by atoms with Gasteiger partial charge in [-0.1, -0.05) is 6.92 Å². The molecular formula is C13H17N3OS. The van der Waals surface area contributed by atoms with Crippen LogP contribution in [0.15, 0.2) is 28.6 Å². The zero-order chi connectivity index (χ0) is 13.0. The highest BCUT2D eigenvalue weighted by Gasteiger charge is 2.02. The van der Waals surface area contributed by atoms with Crippen molar-refractivity contribution in [3.05, 3.63) is 44.8 Å². The molecule has 96 valence electrons. The number of hydrogen-bond acceptors (Lipinski definition) is 4. The first-order valence-corrected chi connectivity index (χ1v) is 6.92. The van der Waals surface area contributed by atoms with E-state index < -0.39 is 0 Å². The van der Waals surface area contributed by atoms with E-state index in [2.05, 4.69) is 17.2 Å². The number of anilines is 1. The van der Waals surface area contributed by atoms with Gasteiger partial charge in [0.05, 0.1) is 23.4 Å². The maximum Gasteiger partial charge on any atom is 0.250 e. The van der Waals surface area contributed by atoms with Crippen molar-refractivity contribution in [2.45, 2.75) is 33.4 Å². The first-order valence-electron chi connectivity index (χ1n) is 6.04. The minimum atomic E-state index is 0.0522. The molecule has 4 nitrogen and oxygen atoms in total. The van der Waals surface area contributed by atoms with Crippen molar-refractivity contribution in [3.8, 4) is 0 Å². The summed E-state index contributed by atoms with van der Waals surface area (Å²) >= 11 is 1.64. The molecule has 0 atom stereocenters. The largest absolute Gasteiger partial charge is 0.379 e. The fraction of sp³-hybridized carbons (Fsp3) is 0.385. The Morgan fingerprint density at radius 2 is 2.28 bits per heavy atom. The summed E-state index contributed by atoms with van der Waals surface area (Å²) < 4.78 is 1.74. The van der Waals surface area contributed by atoms with Gasteiger partial charge in [0.25, 0.3) is 5.56 Å². The number of aromatic nitrogens is 2. The van der Waals surface area contributed by atoms with E-state index in [9.17, 15) is 4.79 Å². The molecular weight excluding hydrogens is 246 g/mol. The summed E-state index contributed by atoms with van der Waals surface area (Å²) in [6, 6.07) is 3.43. The molecule has 0 spiro atoms.